The smallest absolute Gasteiger partial charge is 0.256 e. The van der Waals surface area contributed by atoms with Crippen molar-refractivity contribution in [1.82, 2.24) is 4.90 Å². The van der Waals surface area contributed by atoms with Crippen molar-refractivity contribution in [3.63, 3.8) is 0 Å². The summed E-state index contributed by atoms with van der Waals surface area (Å²) in [4.78, 5) is 14.2. The number of benzene rings is 1. The highest BCUT2D eigenvalue weighted by molar-refractivity contribution is 5.99. The van der Waals surface area contributed by atoms with Crippen LogP contribution < -0.4 is 11.3 Å². The molecular formula is C13H19N3O2. The maximum atomic E-state index is 12.4. The zero-order chi connectivity index (χ0) is 13.0. The van der Waals surface area contributed by atoms with Gasteiger partial charge in [0.15, 0.2) is 0 Å². The van der Waals surface area contributed by atoms with E-state index in [-0.39, 0.29) is 12.0 Å². The van der Waals surface area contributed by atoms with E-state index in [0.717, 1.165) is 25.9 Å². The molecule has 98 valence electrons. The van der Waals surface area contributed by atoms with Crippen LogP contribution in [-0.4, -0.2) is 37.1 Å². The Balaban J connectivity index is 2.08. The highest BCUT2D eigenvalue weighted by Crippen LogP contribution is 2.20. The first-order valence-corrected chi connectivity index (χ1v) is 6.14. The molecule has 5 nitrogen and oxygen atoms in total. The number of hydrazine groups is 1. The normalized spacial score (nSPS) is 16.7. The first-order valence-electron chi connectivity index (χ1n) is 6.14. The molecule has 18 heavy (non-hydrogen) atoms. The van der Waals surface area contributed by atoms with E-state index in [1.54, 1.807) is 19.2 Å². The fraction of sp³-hybridized carbons (Fsp3) is 0.462. The monoisotopic (exact) mass is 249 g/mol. The van der Waals surface area contributed by atoms with Crippen molar-refractivity contribution in [2.24, 2.45) is 5.84 Å². The van der Waals surface area contributed by atoms with Gasteiger partial charge in [-0.3, -0.25) is 10.6 Å². The minimum Gasteiger partial charge on any atom is -0.381 e. The number of piperidine rings is 1. The van der Waals surface area contributed by atoms with Gasteiger partial charge >= 0.3 is 0 Å². The van der Waals surface area contributed by atoms with Crippen LogP contribution in [0, 0.1) is 0 Å². The lowest BCUT2D eigenvalue weighted by Gasteiger charge is -2.31. The van der Waals surface area contributed by atoms with Gasteiger partial charge in [0.25, 0.3) is 5.91 Å². The lowest BCUT2D eigenvalue weighted by molar-refractivity contribution is 0.0351. The van der Waals surface area contributed by atoms with Gasteiger partial charge in [0.2, 0.25) is 0 Å². The summed E-state index contributed by atoms with van der Waals surface area (Å²) in [5, 5.41) is 0. The van der Waals surface area contributed by atoms with Gasteiger partial charge in [-0.15, -0.1) is 0 Å². The number of nitrogens with one attached hydrogen (secondary N) is 1. The number of methoxy groups -OCH3 is 1. The fourth-order valence-electron chi connectivity index (χ4n) is 2.26. The van der Waals surface area contributed by atoms with Crippen molar-refractivity contribution < 1.29 is 9.53 Å². The van der Waals surface area contributed by atoms with Crippen LogP contribution in [0.25, 0.3) is 0 Å². The van der Waals surface area contributed by atoms with Gasteiger partial charge in [-0.05, 0) is 25.0 Å². The summed E-state index contributed by atoms with van der Waals surface area (Å²) < 4.78 is 5.30. The largest absolute Gasteiger partial charge is 0.381 e. The number of nitrogens with zero attached hydrogens (tertiary/aromatic N) is 1. The van der Waals surface area contributed by atoms with E-state index < -0.39 is 0 Å². The average molecular weight is 249 g/mol. The zero-order valence-corrected chi connectivity index (χ0v) is 10.6. The number of carbonyl (C=O) groups is 1. The molecular weight excluding hydrogens is 230 g/mol. The number of rotatable bonds is 3. The molecule has 1 aliphatic rings. The minimum atomic E-state index is 0.0260. The number of likely N-dealkylation sites (tertiary alicyclic amines) is 1. The fourth-order valence-corrected chi connectivity index (χ4v) is 2.26. The number of hydrogen-bond acceptors (Lipinski definition) is 4. The molecule has 1 aliphatic heterocycles. The van der Waals surface area contributed by atoms with E-state index in [1.807, 2.05) is 17.0 Å². The molecule has 0 atom stereocenters. The predicted octanol–water partition coefficient (Wildman–Crippen LogP) is 1.22. The van der Waals surface area contributed by atoms with Crippen LogP contribution in [0.3, 0.4) is 0 Å². The molecule has 1 aromatic rings. The van der Waals surface area contributed by atoms with Gasteiger partial charge in [-0.25, -0.2) is 0 Å². The summed E-state index contributed by atoms with van der Waals surface area (Å²) >= 11 is 0. The van der Waals surface area contributed by atoms with E-state index in [0.29, 0.717) is 11.3 Å². The summed E-state index contributed by atoms with van der Waals surface area (Å²) in [7, 11) is 1.72. The first kappa shape index (κ1) is 12.9. The van der Waals surface area contributed by atoms with Crippen LogP contribution >= 0.6 is 0 Å². The number of hydrogen-bond donors (Lipinski definition) is 2. The molecule has 0 spiro atoms. The molecule has 0 unspecified atom stereocenters. The Labute approximate surface area is 107 Å². The van der Waals surface area contributed by atoms with Crippen LogP contribution in [0.5, 0.6) is 0 Å². The lowest BCUT2D eigenvalue weighted by Crippen LogP contribution is -2.40. The Bertz CT molecular complexity index is 414. The summed E-state index contributed by atoms with van der Waals surface area (Å²) in [6.07, 6.45) is 2.05. The van der Waals surface area contributed by atoms with Gasteiger partial charge in [0.05, 0.1) is 17.4 Å². The van der Waals surface area contributed by atoms with Crippen molar-refractivity contribution in [2.75, 3.05) is 25.6 Å². The van der Waals surface area contributed by atoms with Gasteiger partial charge in [0.1, 0.15) is 0 Å². The Kier molecular flexibility index (Phi) is 4.17. The molecule has 1 fully saturated rings. The van der Waals surface area contributed by atoms with Gasteiger partial charge in [0, 0.05) is 20.2 Å². The molecule has 0 bridgehead atoms. The Morgan fingerprint density at radius 3 is 2.67 bits per heavy atom. The summed E-state index contributed by atoms with van der Waals surface area (Å²) in [6.45, 7) is 1.46. The van der Waals surface area contributed by atoms with Crippen molar-refractivity contribution in [2.45, 2.75) is 18.9 Å². The summed E-state index contributed by atoms with van der Waals surface area (Å²) in [5.74, 6) is 5.45. The molecule has 1 aromatic carbocycles. The van der Waals surface area contributed by atoms with Crippen molar-refractivity contribution in [1.29, 1.82) is 0 Å². The van der Waals surface area contributed by atoms with Crippen LogP contribution in [0.15, 0.2) is 24.3 Å². The minimum absolute atomic E-state index is 0.0260. The molecule has 5 heteroatoms. The number of para-hydroxylation sites is 1. The van der Waals surface area contributed by atoms with E-state index in [2.05, 4.69) is 5.43 Å². The molecule has 1 amide bonds. The van der Waals surface area contributed by atoms with Crippen LogP contribution in [-0.2, 0) is 4.74 Å². The SMILES string of the molecule is COC1CCN(C(=O)c2ccccc2NN)CC1. The number of ether oxygens (including phenoxy) is 1. The molecule has 0 radical (unpaired) electrons. The second-order valence-electron chi connectivity index (χ2n) is 4.42. The molecule has 0 saturated carbocycles. The second-order valence-corrected chi connectivity index (χ2v) is 4.42. The molecule has 2 rings (SSSR count). The molecule has 1 heterocycles. The second kappa shape index (κ2) is 5.84. The van der Waals surface area contributed by atoms with Gasteiger partial charge in [-0.2, -0.15) is 0 Å². The number of nitrogen functional groups attached to an aromatic ring is 1. The Morgan fingerprint density at radius 2 is 2.06 bits per heavy atom. The molecule has 1 saturated heterocycles. The van der Waals surface area contributed by atoms with Crippen LogP contribution in [0.4, 0.5) is 5.69 Å². The van der Waals surface area contributed by atoms with E-state index in [4.69, 9.17) is 10.6 Å². The average Bonchev–Trinajstić information content (AvgIpc) is 2.46. The molecule has 3 N–H and O–H groups in total. The van der Waals surface area contributed by atoms with Crippen molar-refractivity contribution in [3.05, 3.63) is 29.8 Å². The zero-order valence-electron chi connectivity index (χ0n) is 10.6. The standard InChI is InChI=1S/C13H19N3O2/c1-18-10-6-8-16(9-7-10)13(17)11-4-2-3-5-12(11)15-14/h2-5,10,15H,6-9,14H2,1H3. The van der Waals surface area contributed by atoms with E-state index >= 15 is 0 Å². The highest BCUT2D eigenvalue weighted by atomic mass is 16.5. The van der Waals surface area contributed by atoms with Crippen molar-refractivity contribution >= 4 is 11.6 Å². The lowest BCUT2D eigenvalue weighted by atomic mass is 10.1. The molecule has 0 aliphatic carbocycles. The molecule has 0 aromatic heterocycles. The van der Waals surface area contributed by atoms with Gasteiger partial charge < -0.3 is 15.1 Å². The van der Waals surface area contributed by atoms with E-state index in [9.17, 15) is 4.79 Å². The quantitative estimate of drug-likeness (QED) is 0.624. The maximum Gasteiger partial charge on any atom is 0.256 e. The van der Waals surface area contributed by atoms with Gasteiger partial charge in [-0.1, -0.05) is 12.1 Å². The predicted molar refractivity (Wildman–Crippen MR) is 70.2 cm³/mol. The number of amides is 1. The Hall–Kier alpha value is -1.59. The number of anilines is 1. The third-order valence-electron chi connectivity index (χ3n) is 3.38. The highest BCUT2D eigenvalue weighted by Gasteiger charge is 2.24. The third-order valence-corrected chi connectivity index (χ3v) is 3.38. The third kappa shape index (κ3) is 2.63. The summed E-state index contributed by atoms with van der Waals surface area (Å²) in [6, 6.07) is 7.29. The van der Waals surface area contributed by atoms with Crippen LogP contribution in [0.2, 0.25) is 0 Å². The first-order chi connectivity index (χ1) is 8.76. The van der Waals surface area contributed by atoms with Crippen molar-refractivity contribution in [3.8, 4) is 0 Å². The van der Waals surface area contributed by atoms with E-state index in [1.165, 1.54) is 0 Å². The number of nitrogens with two attached hydrogens (primary N) is 1. The summed E-state index contributed by atoms with van der Waals surface area (Å²) in [5.41, 5.74) is 3.85. The Morgan fingerprint density at radius 1 is 1.39 bits per heavy atom. The number of carbonyl (C=O) groups excluding carboxylic acids is 1. The van der Waals surface area contributed by atoms with Crippen LogP contribution in [0.1, 0.15) is 23.2 Å². The maximum absolute atomic E-state index is 12.4. The topological polar surface area (TPSA) is 67.6 Å².